The van der Waals surface area contributed by atoms with Gasteiger partial charge in [0.05, 0.1) is 11.4 Å². The zero-order chi connectivity index (χ0) is 28.9. The number of anilines is 3. The summed E-state index contributed by atoms with van der Waals surface area (Å²) in [6, 6.07) is 28.4. The molecule has 0 unspecified atom stereocenters. The monoisotopic (exact) mass is 545 g/mol. The molecule has 0 saturated carbocycles. The van der Waals surface area contributed by atoms with E-state index in [4.69, 9.17) is 4.74 Å². The molecule has 4 aromatic carbocycles. The predicted octanol–water partition coefficient (Wildman–Crippen LogP) is 5.90. The molecule has 8 nitrogen and oxygen atoms in total. The van der Waals surface area contributed by atoms with Gasteiger partial charge in [0, 0.05) is 11.3 Å². The Kier molecular flexibility index (Phi) is 7.74. The topological polar surface area (TPSA) is 96.0 Å². The molecule has 204 valence electrons. The Bertz CT molecular complexity index is 1600. The molecule has 41 heavy (non-hydrogen) atoms. The lowest BCUT2D eigenvalue weighted by molar-refractivity contribution is -0.121. The second-order valence-electron chi connectivity index (χ2n) is 9.47. The van der Waals surface area contributed by atoms with Gasteiger partial charge in [0.15, 0.2) is 6.61 Å². The summed E-state index contributed by atoms with van der Waals surface area (Å²) >= 11 is 0. The van der Waals surface area contributed by atoms with E-state index in [1.54, 1.807) is 84.9 Å². The Labute approximate surface area is 237 Å². The maximum absolute atomic E-state index is 13.6. The molecule has 1 heterocycles. The minimum atomic E-state index is -0.776. The van der Waals surface area contributed by atoms with Crippen LogP contribution in [0.25, 0.3) is 6.08 Å². The summed E-state index contributed by atoms with van der Waals surface area (Å²) in [5.74, 6) is -1.59. The molecular weight excluding hydrogens is 518 g/mol. The largest absolute Gasteiger partial charge is 0.483 e. The number of hydrogen-bond donors (Lipinski definition) is 1. The zero-order valence-electron chi connectivity index (χ0n) is 22.5. The second kappa shape index (κ2) is 11.7. The number of benzene rings is 4. The lowest BCUT2D eigenvalue weighted by Crippen LogP contribution is -2.57. The molecule has 8 heteroatoms. The molecule has 5 rings (SSSR count). The van der Waals surface area contributed by atoms with Crippen molar-refractivity contribution < 1.29 is 23.9 Å². The van der Waals surface area contributed by atoms with Gasteiger partial charge in [-0.25, -0.2) is 14.6 Å². The SMILES string of the molecule is Cc1ccc(NC(=O)COc2ccccc2C=C2C(=O)N(c3ccccc3)C(=O)N(c3ccccc3)C2=O)cc1C. The number of aryl methyl sites for hydroxylation is 2. The first-order valence-corrected chi connectivity index (χ1v) is 13.0. The van der Waals surface area contributed by atoms with E-state index in [0.29, 0.717) is 28.4 Å². The third-order valence-electron chi connectivity index (χ3n) is 6.65. The average Bonchev–Trinajstić information content (AvgIpc) is 2.98. The molecule has 5 amide bonds. The molecule has 0 aromatic heterocycles. The molecule has 0 aliphatic carbocycles. The number of rotatable bonds is 7. The van der Waals surface area contributed by atoms with Gasteiger partial charge >= 0.3 is 6.03 Å². The van der Waals surface area contributed by atoms with Crippen molar-refractivity contribution in [2.75, 3.05) is 21.7 Å². The quantitative estimate of drug-likeness (QED) is 0.230. The number of para-hydroxylation sites is 3. The van der Waals surface area contributed by atoms with Crippen LogP contribution in [0.4, 0.5) is 21.9 Å². The third kappa shape index (κ3) is 5.77. The number of imide groups is 2. The van der Waals surface area contributed by atoms with Crippen molar-refractivity contribution in [1.29, 1.82) is 0 Å². The molecule has 0 atom stereocenters. The van der Waals surface area contributed by atoms with Gasteiger partial charge in [-0.1, -0.05) is 60.7 Å². The maximum atomic E-state index is 13.6. The lowest BCUT2D eigenvalue weighted by atomic mass is 10.0. The van der Waals surface area contributed by atoms with Crippen molar-refractivity contribution in [3.05, 3.63) is 125 Å². The van der Waals surface area contributed by atoms with Crippen molar-refractivity contribution in [2.45, 2.75) is 13.8 Å². The van der Waals surface area contributed by atoms with E-state index in [0.717, 1.165) is 20.9 Å². The number of urea groups is 1. The summed E-state index contributed by atoms with van der Waals surface area (Å²) in [7, 11) is 0. The molecule has 4 aromatic rings. The summed E-state index contributed by atoms with van der Waals surface area (Å²) < 4.78 is 5.81. The van der Waals surface area contributed by atoms with E-state index in [2.05, 4.69) is 5.32 Å². The van der Waals surface area contributed by atoms with E-state index in [-0.39, 0.29) is 18.1 Å². The summed E-state index contributed by atoms with van der Waals surface area (Å²) in [6.07, 6.45) is 1.39. The summed E-state index contributed by atoms with van der Waals surface area (Å²) in [5, 5.41) is 2.81. The fraction of sp³-hybridized carbons (Fsp3) is 0.0909. The third-order valence-corrected chi connectivity index (χ3v) is 6.65. The Morgan fingerprint density at radius 1 is 0.732 bits per heavy atom. The van der Waals surface area contributed by atoms with Gasteiger partial charge in [-0.05, 0) is 73.5 Å². The van der Waals surface area contributed by atoms with Crippen LogP contribution in [0.1, 0.15) is 16.7 Å². The van der Waals surface area contributed by atoms with E-state index in [1.165, 1.54) is 6.08 Å². The highest BCUT2D eigenvalue weighted by molar-refractivity contribution is 6.46. The van der Waals surface area contributed by atoms with Crippen LogP contribution < -0.4 is 19.9 Å². The lowest BCUT2D eigenvalue weighted by Gasteiger charge is -2.34. The van der Waals surface area contributed by atoms with Gasteiger partial charge in [0.1, 0.15) is 11.3 Å². The number of carbonyl (C=O) groups excluding carboxylic acids is 4. The standard InChI is InChI=1S/C33H27N3O5/c1-22-17-18-25(19-23(22)2)34-30(37)21-41-29-16-10-9-11-24(29)20-28-31(38)35(26-12-5-3-6-13-26)33(40)36(32(28)39)27-14-7-4-8-15-27/h3-20H,21H2,1-2H3,(H,34,37). The number of amides is 5. The molecule has 1 N–H and O–H groups in total. The van der Waals surface area contributed by atoms with Crippen LogP contribution in [-0.2, 0) is 14.4 Å². The van der Waals surface area contributed by atoms with Gasteiger partial charge < -0.3 is 10.1 Å². The first-order chi connectivity index (χ1) is 19.8. The number of nitrogens with zero attached hydrogens (tertiary/aromatic N) is 2. The van der Waals surface area contributed by atoms with Gasteiger partial charge in [-0.3, -0.25) is 14.4 Å². The number of barbiturate groups is 1. The fourth-order valence-electron chi connectivity index (χ4n) is 4.39. The Morgan fingerprint density at radius 2 is 1.29 bits per heavy atom. The normalized spacial score (nSPS) is 13.3. The molecule has 0 radical (unpaired) electrons. The van der Waals surface area contributed by atoms with Gasteiger partial charge in [0.2, 0.25) is 0 Å². The fourth-order valence-corrected chi connectivity index (χ4v) is 4.39. The van der Waals surface area contributed by atoms with Crippen LogP contribution >= 0.6 is 0 Å². The Balaban J connectivity index is 1.45. The predicted molar refractivity (Wildman–Crippen MR) is 158 cm³/mol. The van der Waals surface area contributed by atoms with Crippen LogP contribution in [0.5, 0.6) is 5.75 Å². The summed E-state index contributed by atoms with van der Waals surface area (Å²) in [6.45, 7) is 3.66. The van der Waals surface area contributed by atoms with Crippen molar-refractivity contribution in [3.8, 4) is 5.75 Å². The summed E-state index contributed by atoms with van der Waals surface area (Å²) in [4.78, 5) is 55.3. The Hall–Kier alpha value is -5.50. The zero-order valence-corrected chi connectivity index (χ0v) is 22.5. The number of carbonyl (C=O) groups is 4. The molecule has 0 bridgehead atoms. The summed E-state index contributed by atoms with van der Waals surface area (Å²) in [5.41, 5.74) is 3.65. The highest BCUT2D eigenvalue weighted by Gasteiger charge is 2.43. The maximum Gasteiger partial charge on any atom is 0.343 e. The van der Waals surface area contributed by atoms with Crippen LogP contribution in [0.2, 0.25) is 0 Å². The minimum Gasteiger partial charge on any atom is -0.483 e. The molecule has 1 fully saturated rings. The highest BCUT2D eigenvalue weighted by atomic mass is 16.5. The second-order valence-corrected chi connectivity index (χ2v) is 9.47. The minimum absolute atomic E-state index is 0.229. The Morgan fingerprint density at radius 3 is 1.88 bits per heavy atom. The van der Waals surface area contributed by atoms with Crippen molar-refractivity contribution in [2.24, 2.45) is 0 Å². The van der Waals surface area contributed by atoms with Crippen LogP contribution in [0.3, 0.4) is 0 Å². The molecular formula is C33H27N3O5. The first kappa shape index (κ1) is 27.1. The van der Waals surface area contributed by atoms with E-state index < -0.39 is 17.8 Å². The van der Waals surface area contributed by atoms with Crippen LogP contribution in [0, 0.1) is 13.8 Å². The molecule has 1 aliphatic heterocycles. The number of ether oxygens (including phenoxy) is 1. The first-order valence-electron chi connectivity index (χ1n) is 13.0. The average molecular weight is 546 g/mol. The van der Waals surface area contributed by atoms with Crippen molar-refractivity contribution in [1.82, 2.24) is 0 Å². The molecule has 0 spiro atoms. The smallest absolute Gasteiger partial charge is 0.343 e. The van der Waals surface area contributed by atoms with Crippen molar-refractivity contribution >= 4 is 46.9 Å². The van der Waals surface area contributed by atoms with Crippen LogP contribution in [0.15, 0.2) is 109 Å². The van der Waals surface area contributed by atoms with E-state index in [1.807, 2.05) is 32.0 Å². The van der Waals surface area contributed by atoms with Gasteiger partial charge in [-0.15, -0.1) is 0 Å². The number of hydrogen-bond acceptors (Lipinski definition) is 5. The highest BCUT2D eigenvalue weighted by Crippen LogP contribution is 2.31. The van der Waals surface area contributed by atoms with Gasteiger partial charge in [-0.2, -0.15) is 0 Å². The van der Waals surface area contributed by atoms with Crippen molar-refractivity contribution in [3.63, 3.8) is 0 Å². The molecule has 1 aliphatic rings. The van der Waals surface area contributed by atoms with Gasteiger partial charge in [0.25, 0.3) is 17.7 Å². The van der Waals surface area contributed by atoms with E-state index in [9.17, 15) is 19.2 Å². The number of nitrogens with one attached hydrogen (secondary N) is 1. The van der Waals surface area contributed by atoms with E-state index >= 15 is 0 Å². The van der Waals surface area contributed by atoms with Crippen LogP contribution in [-0.4, -0.2) is 30.4 Å². The molecule has 1 saturated heterocycles.